The van der Waals surface area contributed by atoms with E-state index >= 15 is 0 Å². The van der Waals surface area contributed by atoms with Crippen LogP contribution in [0.4, 0.5) is 10.1 Å². The van der Waals surface area contributed by atoms with Gasteiger partial charge in [0, 0.05) is 17.8 Å². The molecule has 0 aliphatic carbocycles. The van der Waals surface area contributed by atoms with E-state index in [2.05, 4.69) is 18.6 Å². The van der Waals surface area contributed by atoms with Crippen LogP contribution in [0.2, 0.25) is 0 Å². The van der Waals surface area contributed by atoms with Crippen molar-refractivity contribution in [2.45, 2.75) is 50.3 Å². The summed E-state index contributed by atoms with van der Waals surface area (Å²) >= 11 is 0. The maximum absolute atomic E-state index is 12.5. The zero-order valence-electron chi connectivity index (χ0n) is 16.0. The second-order valence-corrected chi connectivity index (χ2v) is 8.78. The topological polar surface area (TPSA) is 70.0 Å². The van der Waals surface area contributed by atoms with E-state index in [-0.39, 0.29) is 17.2 Å². The van der Waals surface area contributed by atoms with Gasteiger partial charge in [-0.15, -0.1) is 0 Å². The molecule has 2 N–H and O–H groups in total. The van der Waals surface area contributed by atoms with Crippen molar-refractivity contribution in [3.05, 3.63) is 59.7 Å². The average Bonchev–Trinajstić information content (AvgIpc) is 2.62. The minimum absolute atomic E-state index is 0.0817. The first-order chi connectivity index (χ1) is 12.7. The first kappa shape index (κ1) is 21.1. The lowest BCUT2D eigenvalue weighted by molar-refractivity contribution is 0.505. The molecule has 0 fully saturated rings. The first-order valence-electron chi connectivity index (χ1n) is 9.08. The Hall–Kier alpha value is -2.21. The molecular weight excluding hydrogens is 363 g/mol. The van der Waals surface area contributed by atoms with Crippen LogP contribution in [0, 0.1) is 5.41 Å². The number of anilines is 1. The fourth-order valence-corrected chi connectivity index (χ4v) is 3.89. The summed E-state index contributed by atoms with van der Waals surface area (Å²) in [6.45, 7) is 5.58. The molecule has 2 aromatic carbocycles. The van der Waals surface area contributed by atoms with Gasteiger partial charge in [-0.25, -0.2) is 8.42 Å². The predicted molar refractivity (Wildman–Crippen MR) is 109 cm³/mol. The molecule has 0 spiro atoms. The van der Waals surface area contributed by atoms with Gasteiger partial charge in [-0.1, -0.05) is 45.0 Å². The van der Waals surface area contributed by atoms with Crippen LogP contribution in [0.5, 0.6) is 0 Å². The van der Waals surface area contributed by atoms with E-state index < -0.39 is 16.7 Å². The van der Waals surface area contributed by atoms with Gasteiger partial charge in [-0.2, -0.15) is 0 Å². The van der Waals surface area contributed by atoms with Crippen LogP contribution in [0.1, 0.15) is 56.6 Å². The molecule has 0 aliphatic rings. The standard InChI is InChI=1S/C21H27FN2O2S/c1-15(2)17-6-10-21(11-7-17)27(25,26)24-20-8-4-18(5-9-20)16(3)14-19(23)12-13-22/h4-11,15-16,23-24H,12-14H2,1-3H3/t16-/m0/s1. The molecule has 0 aromatic heterocycles. The molecule has 0 heterocycles. The van der Waals surface area contributed by atoms with Crippen LogP contribution >= 0.6 is 0 Å². The van der Waals surface area contributed by atoms with Crippen LogP contribution < -0.4 is 4.72 Å². The average molecular weight is 391 g/mol. The van der Waals surface area contributed by atoms with Gasteiger partial charge in [0.15, 0.2) is 0 Å². The molecule has 6 heteroatoms. The number of alkyl halides is 1. The Morgan fingerprint density at radius 1 is 1.00 bits per heavy atom. The number of hydrogen-bond acceptors (Lipinski definition) is 3. The van der Waals surface area contributed by atoms with Crippen LogP contribution in [0.15, 0.2) is 53.4 Å². The maximum Gasteiger partial charge on any atom is 0.261 e. The molecule has 0 unspecified atom stereocenters. The minimum Gasteiger partial charge on any atom is -0.310 e. The van der Waals surface area contributed by atoms with Crippen LogP contribution in [0.3, 0.4) is 0 Å². The van der Waals surface area contributed by atoms with E-state index in [1.54, 1.807) is 24.3 Å². The van der Waals surface area contributed by atoms with E-state index in [1.165, 1.54) is 0 Å². The van der Waals surface area contributed by atoms with Crippen molar-refractivity contribution in [3.8, 4) is 0 Å². The highest BCUT2D eigenvalue weighted by Gasteiger charge is 2.15. The van der Waals surface area contributed by atoms with Crippen molar-refractivity contribution in [2.24, 2.45) is 0 Å². The van der Waals surface area contributed by atoms with Gasteiger partial charge in [0.25, 0.3) is 10.0 Å². The quantitative estimate of drug-likeness (QED) is 0.556. The van der Waals surface area contributed by atoms with Crippen LogP contribution in [-0.2, 0) is 10.0 Å². The lowest BCUT2D eigenvalue weighted by Crippen LogP contribution is -2.13. The summed E-state index contributed by atoms with van der Waals surface area (Å²) in [4.78, 5) is 0.226. The fourth-order valence-electron chi connectivity index (χ4n) is 2.83. The molecular formula is C21H27FN2O2S. The number of sulfonamides is 1. The van der Waals surface area contributed by atoms with Crippen LogP contribution in [-0.4, -0.2) is 20.8 Å². The second-order valence-electron chi connectivity index (χ2n) is 7.10. The molecule has 2 rings (SSSR count). The Morgan fingerprint density at radius 3 is 2.07 bits per heavy atom. The molecule has 1 atom stereocenters. The third kappa shape index (κ3) is 5.89. The van der Waals surface area contributed by atoms with Crippen molar-refractivity contribution in [1.82, 2.24) is 0 Å². The molecule has 0 bridgehead atoms. The summed E-state index contributed by atoms with van der Waals surface area (Å²) in [5.74, 6) is 0.425. The Kier molecular flexibility index (Phi) is 7.13. The van der Waals surface area contributed by atoms with Gasteiger partial charge in [0.2, 0.25) is 0 Å². The molecule has 0 aliphatic heterocycles. The Morgan fingerprint density at radius 2 is 1.56 bits per heavy atom. The number of halogens is 1. The zero-order chi connectivity index (χ0) is 20.0. The SMILES string of the molecule is CC(C)c1ccc(S(=O)(=O)Nc2ccc([C@@H](C)CC(=N)CCF)cc2)cc1. The number of benzene rings is 2. The molecule has 4 nitrogen and oxygen atoms in total. The van der Waals surface area contributed by atoms with Crippen molar-refractivity contribution < 1.29 is 12.8 Å². The molecule has 0 radical (unpaired) electrons. The maximum atomic E-state index is 12.5. The molecule has 2 aromatic rings. The Labute approximate surface area is 161 Å². The summed E-state index contributed by atoms with van der Waals surface area (Å²) in [7, 11) is -3.64. The van der Waals surface area contributed by atoms with Gasteiger partial charge >= 0.3 is 0 Å². The summed E-state index contributed by atoms with van der Waals surface area (Å²) in [6, 6.07) is 14.0. The van der Waals surface area contributed by atoms with E-state index in [1.807, 2.05) is 31.2 Å². The first-order valence-corrected chi connectivity index (χ1v) is 10.6. The molecule has 0 saturated carbocycles. The highest BCUT2D eigenvalue weighted by atomic mass is 32.2. The highest BCUT2D eigenvalue weighted by molar-refractivity contribution is 7.92. The summed E-state index contributed by atoms with van der Waals surface area (Å²) in [5.41, 5.74) is 2.95. The summed E-state index contributed by atoms with van der Waals surface area (Å²) in [6.07, 6.45) is 0.662. The van der Waals surface area contributed by atoms with Gasteiger partial charge < -0.3 is 5.41 Å². The fraction of sp³-hybridized carbons (Fsp3) is 0.381. The Bertz CT molecular complexity index is 860. The van der Waals surface area contributed by atoms with Crippen molar-refractivity contribution in [1.29, 1.82) is 5.41 Å². The highest BCUT2D eigenvalue weighted by Crippen LogP contribution is 2.24. The van der Waals surface area contributed by atoms with E-state index in [0.29, 0.717) is 23.7 Å². The lowest BCUT2D eigenvalue weighted by Gasteiger charge is -2.14. The summed E-state index contributed by atoms with van der Waals surface area (Å²) in [5, 5.41) is 7.73. The molecule has 146 valence electrons. The summed E-state index contributed by atoms with van der Waals surface area (Å²) < 4.78 is 40.0. The van der Waals surface area contributed by atoms with E-state index in [9.17, 15) is 12.8 Å². The van der Waals surface area contributed by atoms with E-state index in [0.717, 1.165) is 11.1 Å². The van der Waals surface area contributed by atoms with Gasteiger partial charge in [-0.3, -0.25) is 9.11 Å². The number of hydrogen-bond donors (Lipinski definition) is 2. The smallest absolute Gasteiger partial charge is 0.261 e. The van der Waals surface area contributed by atoms with E-state index in [4.69, 9.17) is 5.41 Å². The minimum atomic E-state index is -3.64. The van der Waals surface area contributed by atoms with Gasteiger partial charge in [-0.05, 0) is 53.6 Å². The van der Waals surface area contributed by atoms with Gasteiger partial charge in [0.05, 0.1) is 11.6 Å². The van der Waals surface area contributed by atoms with Gasteiger partial charge in [0.1, 0.15) is 0 Å². The number of nitrogens with one attached hydrogen (secondary N) is 2. The molecule has 0 saturated heterocycles. The molecule has 0 amide bonds. The van der Waals surface area contributed by atoms with Crippen molar-refractivity contribution >= 4 is 21.4 Å². The number of rotatable bonds is 9. The third-order valence-corrected chi connectivity index (χ3v) is 5.94. The lowest BCUT2D eigenvalue weighted by atomic mass is 9.94. The van der Waals surface area contributed by atoms with Crippen molar-refractivity contribution in [2.75, 3.05) is 11.4 Å². The zero-order valence-corrected chi connectivity index (χ0v) is 16.8. The predicted octanol–water partition coefficient (Wildman–Crippen LogP) is 5.48. The van der Waals surface area contributed by atoms with Crippen LogP contribution in [0.25, 0.3) is 0 Å². The Balaban J connectivity index is 2.07. The largest absolute Gasteiger partial charge is 0.310 e. The normalized spacial score (nSPS) is 12.8. The monoisotopic (exact) mass is 390 g/mol. The second kappa shape index (κ2) is 9.13. The third-order valence-electron chi connectivity index (χ3n) is 4.54. The molecule has 27 heavy (non-hydrogen) atoms. The van der Waals surface area contributed by atoms with Crippen molar-refractivity contribution in [3.63, 3.8) is 0 Å².